The minimum Gasteiger partial charge on any atom is -0.359 e. The summed E-state index contributed by atoms with van der Waals surface area (Å²) in [7, 11) is 0. The highest BCUT2D eigenvalue weighted by atomic mass is 35.5. The van der Waals surface area contributed by atoms with Crippen LogP contribution in [0.2, 0.25) is 5.02 Å². The number of rotatable bonds is 6. The summed E-state index contributed by atoms with van der Waals surface area (Å²) in [6.07, 6.45) is -0.839. The van der Waals surface area contributed by atoms with Crippen molar-refractivity contribution in [1.29, 1.82) is 0 Å². The number of ether oxygens (including phenoxy) is 1. The smallest absolute Gasteiger partial charge is 0.257 e. The zero-order chi connectivity index (χ0) is 24.1. The Morgan fingerprint density at radius 1 is 1.06 bits per heavy atom. The maximum Gasteiger partial charge on any atom is 0.257 e. The highest BCUT2D eigenvalue weighted by Crippen LogP contribution is 2.53. The van der Waals surface area contributed by atoms with Crippen LogP contribution in [-0.2, 0) is 14.3 Å². The van der Waals surface area contributed by atoms with Crippen molar-refractivity contribution in [2.24, 2.45) is 5.92 Å². The average molecular weight is 519 g/mol. The van der Waals surface area contributed by atoms with E-state index < -0.39 is 51.4 Å². The van der Waals surface area contributed by atoms with E-state index in [2.05, 4.69) is 16.0 Å². The van der Waals surface area contributed by atoms with E-state index in [1.165, 1.54) is 18.2 Å². The van der Waals surface area contributed by atoms with Crippen molar-refractivity contribution in [3.05, 3.63) is 52.6 Å². The van der Waals surface area contributed by atoms with Crippen molar-refractivity contribution >= 4 is 69.6 Å². The topological polar surface area (TPSA) is 99.8 Å². The second-order valence-electron chi connectivity index (χ2n) is 7.69. The van der Waals surface area contributed by atoms with Crippen LogP contribution in [0.3, 0.4) is 0 Å². The molecule has 7 nitrogen and oxygen atoms in total. The van der Waals surface area contributed by atoms with Crippen LogP contribution in [-0.4, -0.2) is 34.3 Å². The van der Waals surface area contributed by atoms with Crippen LogP contribution in [0.25, 0.3) is 0 Å². The van der Waals surface area contributed by atoms with Crippen LogP contribution in [0, 0.1) is 17.6 Å². The molecule has 174 valence electrons. The van der Waals surface area contributed by atoms with Crippen LogP contribution >= 0.6 is 34.8 Å². The standard InChI is InChI=1S/C21H16Cl3F2N3O4/c1-8-17(33-8)20(32)29-16-13(25)4-5-14(15(16)26)28-18(30)10-6-9(2-3-12(10)22)27-19(31)11-7-21(11,23)24/h2-6,8,11,17H,7H2,1H3,(H,27,31)(H,28,30)(H,29,32)/t8?,11-,17?/m1/s1. The van der Waals surface area contributed by atoms with Crippen molar-refractivity contribution in [2.75, 3.05) is 16.0 Å². The summed E-state index contributed by atoms with van der Waals surface area (Å²) in [5, 5.41) is 7.03. The fourth-order valence-electron chi connectivity index (χ4n) is 3.11. The lowest BCUT2D eigenvalue weighted by Gasteiger charge is -2.13. The fraction of sp³-hybridized carbons (Fsp3) is 0.286. The minimum absolute atomic E-state index is 0.0249. The predicted octanol–water partition coefficient (Wildman–Crippen LogP) is 4.73. The van der Waals surface area contributed by atoms with Gasteiger partial charge in [0.05, 0.1) is 28.3 Å². The van der Waals surface area contributed by atoms with Gasteiger partial charge in [-0.3, -0.25) is 14.4 Å². The van der Waals surface area contributed by atoms with Gasteiger partial charge in [-0.25, -0.2) is 8.78 Å². The van der Waals surface area contributed by atoms with Gasteiger partial charge in [-0.1, -0.05) is 11.6 Å². The summed E-state index contributed by atoms with van der Waals surface area (Å²) in [6, 6.07) is 6.03. The molecule has 2 unspecified atom stereocenters. The molecular formula is C21H16Cl3F2N3O4. The lowest BCUT2D eigenvalue weighted by Crippen LogP contribution is -2.22. The number of alkyl halides is 2. The lowest BCUT2D eigenvalue weighted by molar-refractivity contribution is -0.118. The Morgan fingerprint density at radius 2 is 1.73 bits per heavy atom. The first kappa shape index (κ1) is 23.7. The Hall–Kier alpha value is -2.46. The summed E-state index contributed by atoms with van der Waals surface area (Å²) >= 11 is 17.9. The molecule has 3 N–H and O–H groups in total. The van der Waals surface area contributed by atoms with E-state index in [0.717, 1.165) is 12.1 Å². The summed E-state index contributed by atoms with van der Waals surface area (Å²) in [5.41, 5.74) is -0.943. The molecule has 2 aromatic carbocycles. The number of halogens is 5. The molecule has 3 amide bonds. The molecule has 33 heavy (non-hydrogen) atoms. The number of carbonyl (C=O) groups excluding carboxylic acids is 3. The van der Waals surface area contributed by atoms with E-state index in [0.29, 0.717) is 6.42 Å². The summed E-state index contributed by atoms with van der Waals surface area (Å²) in [4.78, 5) is 36.9. The van der Waals surface area contributed by atoms with Crippen LogP contribution < -0.4 is 16.0 Å². The van der Waals surface area contributed by atoms with Gasteiger partial charge in [-0.05, 0) is 43.7 Å². The minimum atomic E-state index is -1.18. The Balaban J connectivity index is 1.50. The number of carbonyl (C=O) groups is 3. The summed E-state index contributed by atoms with van der Waals surface area (Å²) in [6.45, 7) is 1.64. The number of nitrogens with one attached hydrogen (secondary N) is 3. The zero-order valence-electron chi connectivity index (χ0n) is 16.8. The predicted molar refractivity (Wildman–Crippen MR) is 120 cm³/mol. The van der Waals surface area contributed by atoms with E-state index >= 15 is 0 Å². The average Bonchev–Trinajstić information content (AvgIpc) is 3.64. The molecule has 1 heterocycles. The van der Waals surface area contributed by atoms with Crippen molar-refractivity contribution in [3.8, 4) is 0 Å². The van der Waals surface area contributed by atoms with Gasteiger partial charge in [-0.2, -0.15) is 0 Å². The van der Waals surface area contributed by atoms with Gasteiger partial charge < -0.3 is 20.7 Å². The third kappa shape index (κ3) is 5.06. The number of benzene rings is 2. The van der Waals surface area contributed by atoms with Crippen LogP contribution in [0.5, 0.6) is 0 Å². The molecule has 0 aromatic heterocycles. The quantitative estimate of drug-likeness (QED) is 0.380. The lowest BCUT2D eigenvalue weighted by atomic mass is 10.1. The molecule has 1 saturated carbocycles. The highest BCUT2D eigenvalue weighted by Gasteiger charge is 2.56. The Bertz CT molecular complexity index is 1180. The molecule has 1 aliphatic carbocycles. The summed E-state index contributed by atoms with van der Waals surface area (Å²) < 4.78 is 32.8. The molecule has 0 spiro atoms. The van der Waals surface area contributed by atoms with E-state index in [9.17, 15) is 23.2 Å². The third-order valence-corrected chi connectivity index (χ3v) is 6.34. The van der Waals surface area contributed by atoms with Crippen LogP contribution in [0.15, 0.2) is 30.3 Å². The SMILES string of the molecule is CC1OC1C(=O)Nc1c(F)ccc(NC(=O)c2cc(NC(=O)[C@H]3CC3(Cl)Cl)ccc2Cl)c1F. The van der Waals surface area contributed by atoms with Gasteiger partial charge >= 0.3 is 0 Å². The summed E-state index contributed by atoms with van der Waals surface area (Å²) in [5.74, 6) is -4.74. The first-order chi connectivity index (χ1) is 15.5. The highest BCUT2D eigenvalue weighted by molar-refractivity contribution is 6.52. The zero-order valence-corrected chi connectivity index (χ0v) is 19.1. The van der Waals surface area contributed by atoms with E-state index in [4.69, 9.17) is 39.5 Å². The molecule has 2 aromatic rings. The normalized spacial score (nSPS) is 22.3. The molecule has 1 saturated heterocycles. The molecule has 2 aliphatic rings. The second kappa shape index (κ2) is 8.72. The first-order valence-electron chi connectivity index (χ1n) is 9.72. The number of hydrogen-bond acceptors (Lipinski definition) is 4. The largest absolute Gasteiger partial charge is 0.359 e. The second-order valence-corrected chi connectivity index (χ2v) is 9.64. The van der Waals surface area contributed by atoms with E-state index in [1.807, 2.05) is 0 Å². The Kier molecular flexibility index (Phi) is 6.26. The molecule has 0 radical (unpaired) electrons. The molecule has 0 bridgehead atoms. The number of amides is 3. The van der Waals surface area contributed by atoms with Crippen LogP contribution in [0.4, 0.5) is 25.8 Å². The molecule has 3 atom stereocenters. The first-order valence-corrected chi connectivity index (χ1v) is 10.8. The monoisotopic (exact) mass is 517 g/mol. The van der Waals surface area contributed by atoms with Gasteiger partial charge in [-0.15, -0.1) is 23.2 Å². The Labute approximate surface area is 201 Å². The number of anilines is 3. The van der Waals surface area contributed by atoms with Crippen molar-refractivity contribution < 1.29 is 27.9 Å². The van der Waals surface area contributed by atoms with Crippen molar-refractivity contribution in [2.45, 2.75) is 29.9 Å². The van der Waals surface area contributed by atoms with Crippen LogP contribution in [0.1, 0.15) is 23.7 Å². The molecule has 12 heteroatoms. The molecule has 4 rings (SSSR count). The van der Waals surface area contributed by atoms with Gasteiger partial charge in [0.2, 0.25) is 5.91 Å². The maximum atomic E-state index is 14.8. The number of epoxide rings is 1. The molecule has 2 fully saturated rings. The van der Waals surface area contributed by atoms with Gasteiger partial charge in [0, 0.05) is 5.69 Å². The van der Waals surface area contributed by atoms with Gasteiger partial charge in [0.1, 0.15) is 15.8 Å². The van der Waals surface area contributed by atoms with Gasteiger partial charge in [0.15, 0.2) is 11.9 Å². The van der Waals surface area contributed by atoms with Crippen molar-refractivity contribution in [3.63, 3.8) is 0 Å². The third-order valence-electron chi connectivity index (χ3n) is 5.18. The number of hydrogen-bond donors (Lipinski definition) is 3. The van der Waals surface area contributed by atoms with E-state index in [1.54, 1.807) is 6.92 Å². The van der Waals surface area contributed by atoms with E-state index in [-0.39, 0.29) is 28.1 Å². The van der Waals surface area contributed by atoms with Crippen molar-refractivity contribution in [1.82, 2.24) is 0 Å². The fourth-order valence-corrected chi connectivity index (χ4v) is 3.82. The Morgan fingerprint density at radius 3 is 2.33 bits per heavy atom. The molecule has 1 aliphatic heterocycles. The maximum absolute atomic E-state index is 14.8. The molecular weight excluding hydrogens is 503 g/mol. The van der Waals surface area contributed by atoms with Gasteiger partial charge in [0.25, 0.3) is 11.8 Å².